The van der Waals surface area contributed by atoms with Gasteiger partial charge in [-0.3, -0.25) is 9.59 Å². The van der Waals surface area contributed by atoms with E-state index in [4.69, 9.17) is 0 Å². The normalized spacial score (nSPS) is 15.2. The van der Waals surface area contributed by atoms with Crippen LogP contribution < -0.4 is 10.6 Å². The van der Waals surface area contributed by atoms with Crippen LogP contribution in [0.5, 0.6) is 0 Å². The molecule has 1 aromatic heterocycles. The second-order valence-electron chi connectivity index (χ2n) is 12.3. The summed E-state index contributed by atoms with van der Waals surface area (Å²) in [5.41, 5.74) is 4.18. The summed E-state index contributed by atoms with van der Waals surface area (Å²) in [5.74, 6) is 2.85. The number of H-pyrrole nitrogens is 1. The second-order valence-corrected chi connectivity index (χ2v) is 12.3. The number of benzene rings is 2. The van der Waals surface area contributed by atoms with Gasteiger partial charge < -0.3 is 15.6 Å². The number of nitrogens with one attached hydrogen (secondary N) is 3. The van der Waals surface area contributed by atoms with Crippen molar-refractivity contribution in [2.24, 2.45) is 17.8 Å². The largest absolute Gasteiger partial charge is 0.338 e. The minimum Gasteiger partial charge on any atom is -0.338 e. The molecule has 4 rings (SSSR count). The van der Waals surface area contributed by atoms with E-state index in [1.54, 1.807) is 0 Å². The van der Waals surface area contributed by atoms with Gasteiger partial charge in [0.2, 0.25) is 11.8 Å². The molecule has 1 fully saturated rings. The summed E-state index contributed by atoms with van der Waals surface area (Å²) >= 11 is 0. The lowest BCUT2D eigenvalue weighted by Gasteiger charge is -2.19. The van der Waals surface area contributed by atoms with Gasteiger partial charge in [0.15, 0.2) is 0 Å². The van der Waals surface area contributed by atoms with Gasteiger partial charge in [-0.1, -0.05) is 99.3 Å². The van der Waals surface area contributed by atoms with Crippen molar-refractivity contribution in [2.45, 2.75) is 126 Å². The molecule has 1 aliphatic rings. The van der Waals surface area contributed by atoms with Crippen molar-refractivity contribution in [2.75, 3.05) is 10.6 Å². The van der Waals surface area contributed by atoms with Crippen LogP contribution in [0.25, 0.3) is 22.4 Å². The van der Waals surface area contributed by atoms with Crippen molar-refractivity contribution in [3.05, 3.63) is 42.5 Å². The molecule has 0 saturated heterocycles. The van der Waals surface area contributed by atoms with E-state index >= 15 is 0 Å². The molecule has 2 aromatic carbocycles. The Kier molecular flexibility index (Phi) is 16.1. The number of nitrogens with zero attached hydrogens (tertiary/aromatic N) is 1. The fourth-order valence-electron chi connectivity index (χ4n) is 5.82. The molecule has 0 radical (unpaired) electrons. The van der Waals surface area contributed by atoms with Crippen molar-refractivity contribution in [1.82, 2.24) is 9.97 Å². The summed E-state index contributed by atoms with van der Waals surface area (Å²) in [6.45, 7) is 10.8. The number of rotatable bonds is 11. The number of aromatic nitrogens is 2. The summed E-state index contributed by atoms with van der Waals surface area (Å²) < 4.78 is 0. The Morgan fingerprint density at radius 1 is 0.907 bits per heavy atom. The van der Waals surface area contributed by atoms with Gasteiger partial charge in [-0.15, -0.1) is 0 Å². The third-order valence-corrected chi connectivity index (χ3v) is 8.68. The summed E-state index contributed by atoms with van der Waals surface area (Å²) in [4.78, 5) is 31.8. The monoisotopic (exact) mass is 590 g/mol. The van der Waals surface area contributed by atoms with Gasteiger partial charge in [-0.05, 0) is 73.6 Å². The molecule has 0 spiro atoms. The van der Waals surface area contributed by atoms with Crippen molar-refractivity contribution < 1.29 is 9.59 Å². The van der Waals surface area contributed by atoms with Gasteiger partial charge in [-0.25, -0.2) is 4.98 Å². The van der Waals surface area contributed by atoms with E-state index in [2.05, 4.69) is 48.3 Å². The number of hydrogen-bond donors (Lipinski definition) is 3. The Bertz CT molecular complexity index is 1230. The number of unbranched alkanes of at least 4 members (excludes halogenated alkanes) is 1. The first-order valence-corrected chi connectivity index (χ1v) is 16.5. The van der Waals surface area contributed by atoms with E-state index < -0.39 is 0 Å². The first-order valence-electron chi connectivity index (χ1n) is 16.5. The Morgan fingerprint density at radius 2 is 1.56 bits per heavy atom. The molecular weight excluding hydrogens is 532 g/mol. The van der Waals surface area contributed by atoms with Crippen molar-refractivity contribution in [1.29, 1.82) is 0 Å². The maximum absolute atomic E-state index is 12.7. The molecule has 3 aromatic rings. The van der Waals surface area contributed by atoms with Crippen LogP contribution in [0, 0.1) is 17.8 Å². The highest BCUT2D eigenvalue weighted by Crippen LogP contribution is 2.27. The molecule has 2 atom stereocenters. The molecule has 0 bridgehead atoms. The zero-order chi connectivity index (χ0) is 30.3. The zero-order valence-corrected chi connectivity index (χ0v) is 26.7. The Balaban J connectivity index is 0.000000424. The van der Waals surface area contributed by atoms with E-state index in [1.807, 2.05) is 42.5 Å². The lowest BCUT2D eigenvalue weighted by Crippen LogP contribution is -2.23. The van der Waals surface area contributed by atoms with E-state index in [1.165, 1.54) is 64.7 Å². The third-order valence-electron chi connectivity index (χ3n) is 8.68. The predicted octanol–water partition coefficient (Wildman–Crippen LogP) is 10.8. The average Bonchev–Trinajstić information content (AvgIpc) is 3.39. The van der Waals surface area contributed by atoms with Crippen molar-refractivity contribution in [3.63, 3.8) is 0 Å². The Morgan fingerprint density at radius 3 is 2.16 bits per heavy atom. The number of carbonyl (C=O) groups is 2. The number of carbonyl (C=O) groups excluding carboxylic acids is 2. The SMILES string of the molecule is C.CC(=O)Nc1ccc2nc(-c3ccc(NC(=O)C4CCCCCCC4)cc3)[nH]c2c1.CCCCC(CC)CC(C)CC. The molecule has 6 heteroatoms. The number of hydrogen-bond acceptors (Lipinski definition) is 3. The first-order chi connectivity index (χ1) is 20.3. The fraction of sp³-hybridized carbons (Fsp3) is 0.595. The molecule has 2 unspecified atom stereocenters. The number of anilines is 2. The molecule has 43 heavy (non-hydrogen) atoms. The standard InChI is InChI=1S/C24H28N4O2.C12H26.CH4/c1-16(29)25-20-13-14-21-22(15-20)28-23(27-21)17-9-11-19(12-10-17)26-24(30)18-7-5-3-2-4-6-8-18;1-5-8-9-12(7-3)10-11(4)6-2;/h9-15,18H,2-8H2,1H3,(H,25,29)(H,26,30)(H,27,28);11-12H,5-10H2,1-4H3;1H4. The molecule has 3 N–H and O–H groups in total. The van der Waals surface area contributed by atoms with Crippen molar-refractivity contribution in [3.8, 4) is 11.4 Å². The van der Waals surface area contributed by atoms with Gasteiger partial charge >= 0.3 is 0 Å². The van der Waals surface area contributed by atoms with E-state index in [-0.39, 0.29) is 25.2 Å². The van der Waals surface area contributed by atoms with Gasteiger partial charge in [0.25, 0.3) is 0 Å². The van der Waals surface area contributed by atoms with Crippen LogP contribution in [0.15, 0.2) is 42.5 Å². The topological polar surface area (TPSA) is 86.9 Å². The predicted molar refractivity (Wildman–Crippen MR) is 184 cm³/mol. The average molecular weight is 591 g/mol. The highest BCUT2D eigenvalue weighted by molar-refractivity contribution is 5.93. The van der Waals surface area contributed by atoms with Crippen LogP contribution in [0.2, 0.25) is 0 Å². The molecule has 0 aliphatic heterocycles. The van der Waals surface area contributed by atoms with Crippen LogP contribution in [0.3, 0.4) is 0 Å². The van der Waals surface area contributed by atoms with Crippen LogP contribution >= 0.6 is 0 Å². The molecular formula is C37H58N4O2. The van der Waals surface area contributed by atoms with Gasteiger partial charge in [0, 0.05) is 29.8 Å². The molecule has 1 heterocycles. The summed E-state index contributed by atoms with van der Waals surface area (Å²) in [6, 6.07) is 13.3. The number of aromatic amines is 1. The number of fused-ring (bicyclic) bond motifs is 1. The van der Waals surface area contributed by atoms with Crippen LogP contribution in [-0.2, 0) is 9.59 Å². The van der Waals surface area contributed by atoms with Crippen LogP contribution in [0.4, 0.5) is 11.4 Å². The van der Waals surface area contributed by atoms with Gasteiger partial charge in [-0.2, -0.15) is 0 Å². The lowest BCUT2D eigenvalue weighted by molar-refractivity contribution is -0.120. The van der Waals surface area contributed by atoms with E-state index in [0.29, 0.717) is 0 Å². The Labute approximate surface area is 261 Å². The summed E-state index contributed by atoms with van der Waals surface area (Å²) in [5, 5.41) is 5.86. The number of imidazole rings is 1. The lowest BCUT2D eigenvalue weighted by atomic mass is 9.88. The first kappa shape index (κ1) is 36.0. The zero-order valence-electron chi connectivity index (χ0n) is 26.7. The minimum atomic E-state index is -0.105. The smallest absolute Gasteiger partial charge is 0.227 e. The van der Waals surface area contributed by atoms with E-state index in [9.17, 15) is 9.59 Å². The van der Waals surface area contributed by atoms with Crippen LogP contribution in [0.1, 0.15) is 126 Å². The maximum atomic E-state index is 12.7. The second kappa shape index (κ2) is 19.2. The molecule has 1 saturated carbocycles. The molecule has 2 amide bonds. The maximum Gasteiger partial charge on any atom is 0.227 e. The van der Waals surface area contributed by atoms with Gasteiger partial charge in [0.05, 0.1) is 11.0 Å². The number of amides is 2. The highest BCUT2D eigenvalue weighted by atomic mass is 16.2. The molecule has 6 nitrogen and oxygen atoms in total. The minimum absolute atomic E-state index is 0. The fourth-order valence-corrected chi connectivity index (χ4v) is 5.82. The van der Waals surface area contributed by atoms with Gasteiger partial charge in [0.1, 0.15) is 5.82 Å². The molecule has 238 valence electrons. The summed E-state index contributed by atoms with van der Waals surface area (Å²) in [6.07, 6.45) is 16.5. The highest BCUT2D eigenvalue weighted by Gasteiger charge is 2.19. The summed E-state index contributed by atoms with van der Waals surface area (Å²) in [7, 11) is 0. The van der Waals surface area contributed by atoms with E-state index in [0.717, 1.165) is 71.3 Å². The van der Waals surface area contributed by atoms with Crippen LogP contribution in [-0.4, -0.2) is 21.8 Å². The quantitative estimate of drug-likeness (QED) is 0.208. The Hall–Kier alpha value is -3.15. The van der Waals surface area contributed by atoms with Crippen molar-refractivity contribution >= 4 is 34.2 Å². The molecule has 1 aliphatic carbocycles. The third kappa shape index (κ3) is 12.2.